The smallest absolute Gasteiger partial charge is 0.123 e. The van der Waals surface area contributed by atoms with Gasteiger partial charge in [0.1, 0.15) is 11.6 Å². The summed E-state index contributed by atoms with van der Waals surface area (Å²) < 4.78 is 18.7. The molecule has 0 spiro atoms. The topological polar surface area (TPSA) is 53.8 Å². The molecule has 0 aromatic heterocycles. The fourth-order valence-electron chi connectivity index (χ4n) is 5.12. The van der Waals surface area contributed by atoms with Crippen molar-refractivity contribution in [3.63, 3.8) is 0 Å². The third-order valence-electron chi connectivity index (χ3n) is 6.37. The highest BCUT2D eigenvalue weighted by Gasteiger charge is 2.52. The lowest BCUT2D eigenvalue weighted by atomic mass is 9.81. The van der Waals surface area contributed by atoms with Crippen molar-refractivity contribution < 1.29 is 9.13 Å². The van der Waals surface area contributed by atoms with Gasteiger partial charge in [0.05, 0.1) is 29.6 Å². The van der Waals surface area contributed by atoms with E-state index >= 15 is 0 Å². The minimum Gasteiger partial charge on any atom is -0.494 e. The number of fused-ring (bicyclic) bond motifs is 3. The zero-order chi connectivity index (χ0) is 19.1. The van der Waals surface area contributed by atoms with Crippen molar-refractivity contribution in [3.05, 3.63) is 53.8 Å². The number of hydrogen-bond donors (Lipinski definition) is 2. The second kappa shape index (κ2) is 6.94. The monoisotopic (exact) mass is 382 g/mol. The van der Waals surface area contributed by atoms with E-state index in [9.17, 15) is 4.39 Å². The Bertz CT molecular complexity index is 858. The molecular formula is C22H27FN4O. The highest BCUT2D eigenvalue weighted by molar-refractivity contribution is 5.81. The van der Waals surface area contributed by atoms with Gasteiger partial charge in [-0.1, -0.05) is 12.1 Å². The first-order chi connectivity index (χ1) is 13.6. The number of anilines is 2. The zero-order valence-electron chi connectivity index (χ0n) is 16.0. The molecule has 148 valence electrons. The van der Waals surface area contributed by atoms with E-state index in [4.69, 9.17) is 10.5 Å². The Morgan fingerprint density at radius 1 is 1.18 bits per heavy atom. The van der Waals surface area contributed by atoms with Crippen LogP contribution in [0.1, 0.15) is 18.4 Å². The maximum absolute atomic E-state index is 13.0. The van der Waals surface area contributed by atoms with Gasteiger partial charge in [-0.2, -0.15) is 0 Å². The second-order valence-electron chi connectivity index (χ2n) is 8.10. The number of hydrogen-bond acceptors (Lipinski definition) is 5. The number of nitrogens with one attached hydrogen (secondary N) is 1. The van der Waals surface area contributed by atoms with Crippen LogP contribution in [0.5, 0.6) is 5.75 Å². The van der Waals surface area contributed by atoms with Gasteiger partial charge in [-0.05, 0) is 43.2 Å². The van der Waals surface area contributed by atoms with Crippen LogP contribution in [0.3, 0.4) is 0 Å². The number of likely N-dealkylation sites (tertiary alicyclic amines) is 1. The van der Waals surface area contributed by atoms with Gasteiger partial charge in [0.15, 0.2) is 0 Å². The zero-order valence-corrected chi connectivity index (χ0v) is 16.0. The standard InChI is InChI=1S/C22H27FN4O/c23-16-5-7-17(8-6-16)28-14-2-11-26-12-9-20-22(24,15-26)18-3-1-4-19-21(18)27(20)13-10-25-19/h1,3-8,20,25H,2,9-15,24H2/t20-,22+/m0/s1. The molecule has 28 heavy (non-hydrogen) atoms. The SMILES string of the molecule is N[C@@]12CN(CCCOc3ccc(F)cc3)CC[C@@H]1N1CCNc3cccc2c31. The molecule has 3 aliphatic heterocycles. The van der Waals surface area contributed by atoms with Crippen LogP contribution in [0.25, 0.3) is 0 Å². The van der Waals surface area contributed by atoms with Crippen LogP contribution in [0.15, 0.2) is 42.5 Å². The molecule has 0 radical (unpaired) electrons. The third-order valence-corrected chi connectivity index (χ3v) is 6.37. The van der Waals surface area contributed by atoms with Crippen molar-refractivity contribution in [2.75, 3.05) is 49.5 Å². The predicted molar refractivity (Wildman–Crippen MR) is 110 cm³/mol. The van der Waals surface area contributed by atoms with Crippen molar-refractivity contribution in [1.82, 2.24) is 4.90 Å². The first-order valence-corrected chi connectivity index (χ1v) is 10.2. The van der Waals surface area contributed by atoms with Gasteiger partial charge in [0, 0.05) is 38.3 Å². The largest absolute Gasteiger partial charge is 0.494 e. The number of halogens is 1. The molecule has 1 saturated heterocycles. The Balaban J connectivity index is 1.23. The number of benzene rings is 2. The van der Waals surface area contributed by atoms with Gasteiger partial charge in [0.2, 0.25) is 0 Å². The second-order valence-corrected chi connectivity index (χ2v) is 8.10. The number of ether oxygens (including phenoxy) is 1. The number of para-hydroxylation sites is 1. The molecular weight excluding hydrogens is 355 g/mol. The van der Waals surface area contributed by atoms with E-state index in [1.165, 1.54) is 29.1 Å². The van der Waals surface area contributed by atoms with Crippen LogP contribution in [0.4, 0.5) is 15.8 Å². The Labute approximate surface area is 165 Å². The summed E-state index contributed by atoms with van der Waals surface area (Å²) in [5.74, 6) is 0.478. The minimum atomic E-state index is -0.312. The number of rotatable bonds is 5. The highest BCUT2D eigenvalue weighted by Crippen LogP contribution is 2.50. The molecule has 0 amide bonds. The van der Waals surface area contributed by atoms with Crippen molar-refractivity contribution in [2.24, 2.45) is 5.73 Å². The first-order valence-electron chi connectivity index (χ1n) is 10.2. The Morgan fingerprint density at radius 2 is 2.04 bits per heavy atom. The van der Waals surface area contributed by atoms with E-state index < -0.39 is 0 Å². The summed E-state index contributed by atoms with van der Waals surface area (Å²) in [7, 11) is 0. The van der Waals surface area contributed by atoms with Crippen LogP contribution in [-0.4, -0.2) is 50.3 Å². The molecule has 3 aliphatic rings. The summed E-state index contributed by atoms with van der Waals surface area (Å²) in [6, 6.07) is 13.1. The van der Waals surface area contributed by atoms with Crippen molar-refractivity contribution in [3.8, 4) is 5.75 Å². The summed E-state index contributed by atoms with van der Waals surface area (Å²) in [5.41, 5.74) is 10.6. The maximum atomic E-state index is 13.0. The van der Waals surface area contributed by atoms with E-state index in [-0.39, 0.29) is 11.4 Å². The quantitative estimate of drug-likeness (QED) is 0.779. The van der Waals surface area contributed by atoms with Crippen molar-refractivity contribution >= 4 is 11.4 Å². The maximum Gasteiger partial charge on any atom is 0.123 e. The Kier molecular flexibility index (Phi) is 4.40. The van der Waals surface area contributed by atoms with E-state index in [0.29, 0.717) is 18.4 Å². The molecule has 1 fully saturated rings. The lowest BCUT2D eigenvalue weighted by Gasteiger charge is -2.45. The fourth-order valence-corrected chi connectivity index (χ4v) is 5.12. The highest BCUT2D eigenvalue weighted by atomic mass is 19.1. The molecule has 0 unspecified atom stereocenters. The Morgan fingerprint density at radius 3 is 2.89 bits per heavy atom. The van der Waals surface area contributed by atoms with Gasteiger partial charge >= 0.3 is 0 Å². The van der Waals surface area contributed by atoms with Crippen molar-refractivity contribution in [2.45, 2.75) is 24.4 Å². The Hall–Kier alpha value is -2.31. The van der Waals surface area contributed by atoms with Crippen LogP contribution in [0.2, 0.25) is 0 Å². The third kappa shape index (κ3) is 2.91. The molecule has 0 aliphatic carbocycles. The van der Waals surface area contributed by atoms with Crippen LogP contribution < -0.4 is 20.7 Å². The molecule has 5 rings (SSSR count). The fraction of sp³-hybridized carbons (Fsp3) is 0.455. The molecule has 6 heteroatoms. The number of nitrogens with two attached hydrogens (primary N) is 1. The first kappa shape index (κ1) is 17.8. The minimum absolute atomic E-state index is 0.239. The molecule has 2 aromatic carbocycles. The molecule has 2 aromatic rings. The van der Waals surface area contributed by atoms with Crippen molar-refractivity contribution in [1.29, 1.82) is 0 Å². The lowest BCUT2D eigenvalue weighted by Crippen LogP contribution is -2.62. The lowest BCUT2D eigenvalue weighted by molar-refractivity contribution is 0.126. The molecule has 0 saturated carbocycles. The van der Waals surface area contributed by atoms with E-state index in [2.05, 4.69) is 33.3 Å². The summed E-state index contributed by atoms with van der Waals surface area (Å²) in [6.07, 6.45) is 2.01. The molecule has 3 N–H and O–H groups in total. The van der Waals surface area contributed by atoms with Gasteiger partial charge in [0.25, 0.3) is 0 Å². The summed E-state index contributed by atoms with van der Waals surface area (Å²) in [4.78, 5) is 5.01. The van der Waals surface area contributed by atoms with Crippen LogP contribution >= 0.6 is 0 Å². The average molecular weight is 382 g/mol. The molecule has 0 bridgehead atoms. The van der Waals surface area contributed by atoms with E-state index in [0.717, 1.165) is 45.6 Å². The predicted octanol–water partition coefficient (Wildman–Crippen LogP) is 2.77. The van der Waals surface area contributed by atoms with E-state index in [1.54, 1.807) is 12.1 Å². The van der Waals surface area contributed by atoms with Gasteiger partial charge in [-0.3, -0.25) is 0 Å². The van der Waals surface area contributed by atoms with Gasteiger partial charge in [-0.15, -0.1) is 0 Å². The molecule has 3 heterocycles. The number of piperidine rings is 1. The van der Waals surface area contributed by atoms with Crippen LogP contribution in [-0.2, 0) is 5.54 Å². The summed E-state index contributed by atoms with van der Waals surface area (Å²) >= 11 is 0. The number of nitrogens with zero attached hydrogens (tertiary/aromatic N) is 2. The van der Waals surface area contributed by atoms with E-state index in [1.807, 2.05) is 0 Å². The normalized spacial score (nSPS) is 25.8. The summed E-state index contributed by atoms with van der Waals surface area (Å²) in [5, 5.41) is 3.52. The average Bonchev–Trinajstić information content (AvgIpc) is 2.97. The summed E-state index contributed by atoms with van der Waals surface area (Å²) in [6.45, 7) is 5.53. The van der Waals surface area contributed by atoms with Gasteiger partial charge in [-0.25, -0.2) is 4.39 Å². The van der Waals surface area contributed by atoms with Gasteiger partial charge < -0.3 is 25.6 Å². The molecule has 2 atom stereocenters. The van der Waals surface area contributed by atoms with Crippen LogP contribution in [0, 0.1) is 5.82 Å². The molecule has 5 nitrogen and oxygen atoms in total.